The first-order valence-corrected chi connectivity index (χ1v) is 3.41. The molecule has 1 amide bonds. The molecule has 0 saturated heterocycles. The fraction of sp³-hybridized carbons (Fsp3) is 0.375. The third-order valence-corrected chi connectivity index (χ3v) is 1.66. The Morgan fingerprint density at radius 2 is 2.60 bits per heavy atom. The second-order valence-electron chi connectivity index (χ2n) is 2.45. The van der Waals surface area contributed by atoms with E-state index in [1.54, 1.807) is 0 Å². The summed E-state index contributed by atoms with van der Waals surface area (Å²) >= 11 is 0. The molecule has 0 fully saturated rings. The molecule has 10 heavy (non-hydrogen) atoms. The average Bonchev–Trinajstić information content (AvgIpc) is 1.94. The Balaban J connectivity index is 2.60. The normalized spacial score (nSPS) is 23.7. The maximum atomic E-state index is 10.0. The van der Waals surface area contributed by atoms with Gasteiger partial charge in [0, 0.05) is 5.70 Å². The summed E-state index contributed by atoms with van der Waals surface area (Å²) in [7, 11) is 0. The number of nitrogens with one attached hydrogen (secondary N) is 1. The molecule has 1 aliphatic rings. The van der Waals surface area contributed by atoms with Crippen molar-refractivity contribution in [2.24, 2.45) is 5.92 Å². The lowest BCUT2D eigenvalue weighted by Gasteiger charge is -2.14. The first kappa shape index (κ1) is 7.06. The van der Waals surface area contributed by atoms with Crippen molar-refractivity contribution >= 4 is 6.41 Å². The minimum absolute atomic E-state index is 0.454. The minimum atomic E-state index is 0.454. The molecule has 1 rings (SSSR count). The maximum absolute atomic E-state index is 10.0. The predicted octanol–water partition coefficient (Wildman–Crippen LogP) is 1.21. The molecule has 1 N–H and O–H groups in total. The van der Waals surface area contributed by atoms with Crippen molar-refractivity contribution in [3.05, 3.63) is 23.9 Å². The van der Waals surface area contributed by atoms with Gasteiger partial charge in [0.05, 0.1) is 0 Å². The highest BCUT2D eigenvalue weighted by atomic mass is 16.1. The van der Waals surface area contributed by atoms with E-state index < -0.39 is 0 Å². The van der Waals surface area contributed by atoms with Crippen molar-refractivity contribution in [1.82, 2.24) is 5.32 Å². The van der Waals surface area contributed by atoms with E-state index in [-0.39, 0.29) is 0 Å². The minimum Gasteiger partial charge on any atom is -0.332 e. The van der Waals surface area contributed by atoms with Crippen LogP contribution < -0.4 is 5.32 Å². The highest BCUT2D eigenvalue weighted by Gasteiger charge is 2.07. The van der Waals surface area contributed by atoms with Gasteiger partial charge in [-0.1, -0.05) is 19.1 Å². The van der Waals surface area contributed by atoms with Crippen molar-refractivity contribution in [1.29, 1.82) is 0 Å². The molecule has 0 heterocycles. The third kappa shape index (κ3) is 1.47. The number of hydrogen-bond donors (Lipinski definition) is 1. The van der Waals surface area contributed by atoms with Gasteiger partial charge in [0.2, 0.25) is 6.41 Å². The molecule has 0 aromatic heterocycles. The van der Waals surface area contributed by atoms with Gasteiger partial charge in [-0.05, 0) is 18.4 Å². The molecular weight excluding hydrogens is 126 g/mol. The summed E-state index contributed by atoms with van der Waals surface area (Å²) in [6.07, 6.45) is 7.74. The zero-order valence-electron chi connectivity index (χ0n) is 6.00. The van der Waals surface area contributed by atoms with E-state index in [1.807, 2.05) is 12.2 Å². The Hall–Kier alpha value is -1.05. The number of hydrogen-bond acceptors (Lipinski definition) is 1. The van der Waals surface area contributed by atoms with Crippen LogP contribution in [-0.4, -0.2) is 6.41 Å². The van der Waals surface area contributed by atoms with Gasteiger partial charge in [0.25, 0.3) is 0 Å². The van der Waals surface area contributed by atoms with E-state index in [4.69, 9.17) is 0 Å². The van der Waals surface area contributed by atoms with Crippen molar-refractivity contribution in [2.45, 2.75) is 13.3 Å². The summed E-state index contributed by atoms with van der Waals surface area (Å²) in [5, 5.41) is 2.66. The largest absolute Gasteiger partial charge is 0.332 e. The fourth-order valence-electron chi connectivity index (χ4n) is 1.00. The van der Waals surface area contributed by atoms with Crippen molar-refractivity contribution < 1.29 is 4.79 Å². The van der Waals surface area contributed by atoms with E-state index in [2.05, 4.69) is 18.3 Å². The molecule has 0 aliphatic heterocycles. The Labute approximate surface area is 60.6 Å². The first-order valence-electron chi connectivity index (χ1n) is 3.41. The van der Waals surface area contributed by atoms with Crippen LogP contribution in [0.1, 0.15) is 13.3 Å². The summed E-state index contributed by atoms with van der Waals surface area (Å²) in [4.78, 5) is 10.0. The summed E-state index contributed by atoms with van der Waals surface area (Å²) in [5.74, 6) is 0.454. The van der Waals surface area contributed by atoms with Gasteiger partial charge in [-0.15, -0.1) is 0 Å². The molecule has 1 atom stereocenters. The number of allylic oxidation sites excluding steroid dienone is 4. The standard InChI is InChI=1S/C8H11NO/c1-7-4-2-3-5-8(7)9-6-10/h2-3,5-7H,4H2,1H3,(H,9,10). The van der Waals surface area contributed by atoms with Gasteiger partial charge in [-0.25, -0.2) is 0 Å². The lowest BCUT2D eigenvalue weighted by atomic mass is 9.99. The highest BCUT2D eigenvalue weighted by molar-refractivity contribution is 5.51. The number of carbonyl (C=O) groups is 1. The molecule has 0 spiro atoms. The molecule has 0 aromatic carbocycles. The molecule has 54 valence electrons. The number of amides is 1. The van der Waals surface area contributed by atoms with Crippen LogP contribution in [-0.2, 0) is 4.79 Å². The summed E-state index contributed by atoms with van der Waals surface area (Å²) in [5.41, 5.74) is 1.01. The third-order valence-electron chi connectivity index (χ3n) is 1.66. The lowest BCUT2D eigenvalue weighted by molar-refractivity contribution is -0.109. The van der Waals surface area contributed by atoms with Crippen molar-refractivity contribution in [3.63, 3.8) is 0 Å². The molecular formula is C8H11NO. The van der Waals surface area contributed by atoms with Gasteiger partial charge in [0.1, 0.15) is 0 Å². The maximum Gasteiger partial charge on any atom is 0.211 e. The van der Waals surface area contributed by atoms with Crippen LogP contribution in [0.15, 0.2) is 23.9 Å². The fourth-order valence-corrected chi connectivity index (χ4v) is 1.00. The smallest absolute Gasteiger partial charge is 0.211 e. The van der Waals surface area contributed by atoms with Crippen LogP contribution in [0.5, 0.6) is 0 Å². The zero-order chi connectivity index (χ0) is 7.40. The quantitative estimate of drug-likeness (QED) is 0.569. The van der Waals surface area contributed by atoms with Crippen LogP contribution in [0.4, 0.5) is 0 Å². The van der Waals surface area contributed by atoms with Crippen LogP contribution >= 0.6 is 0 Å². The molecule has 0 bridgehead atoms. The van der Waals surface area contributed by atoms with E-state index in [1.165, 1.54) is 0 Å². The van der Waals surface area contributed by atoms with Crippen molar-refractivity contribution in [3.8, 4) is 0 Å². The Morgan fingerprint density at radius 3 is 3.20 bits per heavy atom. The predicted molar refractivity (Wildman–Crippen MR) is 40.2 cm³/mol. The second kappa shape index (κ2) is 3.20. The number of rotatable bonds is 2. The van der Waals surface area contributed by atoms with Gasteiger partial charge in [-0.2, -0.15) is 0 Å². The van der Waals surface area contributed by atoms with Crippen LogP contribution in [0.2, 0.25) is 0 Å². The van der Waals surface area contributed by atoms with Gasteiger partial charge < -0.3 is 5.32 Å². The molecule has 1 unspecified atom stereocenters. The van der Waals surface area contributed by atoms with Crippen LogP contribution in [0.3, 0.4) is 0 Å². The lowest BCUT2D eigenvalue weighted by Crippen LogP contribution is -2.17. The molecule has 0 aromatic rings. The van der Waals surface area contributed by atoms with E-state index in [0.29, 0.717) is 5.92 Å². The Bertz CT molecular complexity index is 182. The second-order valence-corrected chi connectivity index (χ2v) is 2.45. The topological polar surface area (TPSA) is 29.1 Å². The molecule has 2 nitrogen and oxygen atoms in total. The first-order chi connectivity index (χ1) is 4.84. The molecule has 0 saturated carbocycles. The van der Waals surface area contributed by atoms with Gasteiger partial charge in [-0.3, -0.25) is 4.79 Å². The van der Waals surface area contributed by atoms with Crippen LogP contribution in [0, 0.1) is 5.92 Å². The Kier molecular flexibility index (Phi) is 2.26. The summed E-state index contributed by atoms with van der Waals surface area (Å²) < 4.78 is 0. The highest BCUT2D eigenvalue weighted by Crippen LogP contribution is 2.16. The molecule has 1 aliphatic carbocycles. The monoisotopic (exact) mass is 137 g/mol. The Morgan fingerprint density at radius 1 is 1.80 bits per heavy atom. The van der Waals surface area contributed by atoms with E-state index in [9.17, 15) is 4.79 Å². The number of carbonyl (C=O) groups excluding carboxylic acids is 1. The summed E-state index contributed by atoms with van der Waals surface area (Å²) in [6.45, 7) is 2.09. The van der Waals surface area contributed by atoms with E-state index >= 15 is 0 Å². The molecule has 2 heteroatoms. The van der Waals surface area contributed by atoms with Gasteiger partial charge in [0.15, 0.2) is 0 Å². The average molecular weight is 137 g/mol. The summed E-state index contributed by atoms with van der Waals surface area (Å²) in [6, 6.07) is 0. The van der Waals surface area contributed by atoms with Crippen LogP contribution in [0.25, 0.3) is 0 Å². The van der Waals surface area contributed by atoms with Crippen molar-refractivity contribution in [2.75, 3.05) is 0 Å². The van der Waals surface area contributed by atoms with Gasteiger partial charge >= 0.3 is 0 Å². The molecule has 0 radical (unpaired) electrons. The van der Waals surface area contributed by atoms with E-state index in [0.717, 1.165) is 18.5 Å². The SMILES string of the molecule is CC1CC=CC=C1NC=O. The zero-order valence-corrected chi connectivity index (χ0v) is 6.00.